The Morgan fingerprint density at radius 2 is 1.76 bits per heavy atom. The maximum atomic E-state index is 13.7. The van der Waals surface area contributed by atoms with E-state index in [1.165, 1.54) is 24.3 Å². The molecule has 21 heavy (non-hydrogen) atoms. The Bertz CT molecular complexity index is 701. The number of benzene rings is 2. The largest absolute Gasteiger partial charge is 0.381 e. The number of halogens is 2. The second-order valence-corrected chi connectivity index (χ2v) is 4.19. The summed E-state index contributed by atoms with van der Waals surface area (Å²) in [6.07, 6.45) is 0. The molecule has 0 saturated carbocycles. The Labute approximate surface area is 118 Å². The van der Waals surface area contributed by atoms with Crippen LogP contribution in [0, 0.1) is 33.1 Å². The molecule has 0 heterocycles. The van der Waals surface area contributed by atoms with Gasteiger partial charge in [-0.3, -0.25) is 10.1 Å². The van der Waals surface area contributed by atoms with Crippen LogP contribution >= 0.6 is 0 Å². The van der Waals surface area contributed by atoms with Crippen molar-refractivity contribution in [1.29, 1.82) is 5.26 Å². The minimum Gasteiger partial charge on any atom is -0.381 e. The second kappa shape index (κ2) is 5.96. The molecule has 0 radical (unpaired) electrons. The van der Waals surface area contributed by atoms with Crippen LogP contribution in [0.3, 0.4) is 0 Å². The number of nitriles is 1. The van der Waals surface area contributed by atoms with Crippen molar-refractivity contribution >= 4 is 11.4 Å². The molecule has 7 heteroatoms. The molecule has 0 amide bonds. The Morgan fingerprint density at radius 3 is 2.24 bits per heavy atom. The Balaban J connectivity index is 2.13. The number of nitrogens with zero attached hydrogens (tertiary/aromatic N) is 2. The number of hydrogen-bond acceptors (Lipinski definition) is 4. The fraction of sp³-hybridized carbons (Fsp3) is 0.0714. The van der Waals surface area contributed by atoms with Crippen molar-refractivity contribution in [3.63, 3.8) is 0 Å². The molecule has 0 aromatic heterocycles. The van der Waals surface area contributed by atoms with Gasteiger partial charge in [0, 0.05) is 29.9 Å². The Kier molecular flexibility index (Phi) is 4.09. The summed E-state index contributed by atoms with van der Waals surface area (Å²) in [7, 11) is 0. The molecule has 1 N–H and O–H groups in total. The summed E-state index contributed by atoms with van der Waals surface area (Å²) in [5.74, 6) is -1.64. The molecule has 106 valence electrons. The molecule has 0 unspecified atom stereocenters. The van der Waals surface area contributed by atoms with Gasteiger partial charge in [-0.2, -0.15) is 5.26 Å². The minimum absolute atomic E-state index is 0.0729. The number of anilines is 1. The highest BCUT2D eigenvalue weighted by atomic mass is 19.1. The first kappa shape index (κ1) is 14.4. The van der Waals surface area contributed by atoms with Crippen molar-refractivity contribution in [2.75, 3.05) is 5.32 Å². The number of nitrogens with one attached hydrogen (secondary N) is 1. The van der Waals surface area contributed by atoms with Gasteiger partial charge in [0.1, 0.15) is 11.6 Å². The van der Waals surface area contributed by atoms with Gasteiger partial charge < -0.3 is 5.32 Å². The van der Waals surface area contributed by atoms with Crippen molar-refractivity contribution in [2.24, 2.45) is 0 Å². The van der Waals surface area contributed by atoms with Crippen LogP contribution < -0.4 is 5.32 Å². The molecule has 2 rings (SSSR count). The van der Waals surface area contributed by atoms with E-state index in [0.717, 1.165) is 12.1 Å². The van der Waals surface area contributed by atoms with Crippen LogP contribution in [0.15, 0.2) is 36.4 Å². The molecule has 2 aromatic rings. The van der Waals surface area contributed by atoms with Gasteiger partial charge in [0.2, 0.25) is 0 Å². The molecule has 0 atom stereocenters. The van der Waals surface area contributed by atoms with Gasteiger partial charge >= 0.3 is 0 Å². The van der Waals surface area contributed by atoms with Gasteiger partial charge in [-0.15, -0.1) is 0 Å². The topological polar surface area (TPSA) is 79.0 Å². The van der Waals surface area contributed by atoms with Gasteiger partial charge in [0.05, 0.1) is 16.6 Å². The van der Waals surface area contributed by atoms with E-state index in [2.05, 4.69) is 5.32 Å². The predicted octanol–water partition coefficient (Wildman–Crippen LogP) is 3.36. The molecular weight excluding hydrogens is 280 g/mol. The highest BCUT2D eigenvalue weighted by molar-refractivity contribution is 5.49. The van der Waals surface area contributed by atoms with Crippen LogP contribution in [-0.4, -0.2) is 4.92 Å². The first-order valence-electron chi connectivity index (χ1n) is 5.87. The smallest absolute Gasteiger partial charge is 0.269 e. The first-order chi connectivity index (χ1) is 10.0. The molecule has 0 aliphatic rings. The third-order valence-electron chi connectivity index (χ3n) is 2.82. The summed E-state index contributed by atoms with van der Waals surface area (Å²) < 4.78 is 27.3. The van der Waals surface area contributed by atoms with Gasteiger partial charge in [-0.05, 0) is 24.3 Å². The van der Waals surface area contributed by atoms with E-state index in [1.807, 2.05) is 0 Å². The van der Waals surface area contributed by atoms with Crippen molar-refractivity contribution in [3.05, 3.63) is 69.3 Å². The standard InChI is InChI=1S/C14H9F2N3O2/c15-13-5-9(7-17)6-14(16)12(13)8-18-10-1-3-11(4-2-10)19(20)21/h1-6,18H,8H2. The van der Waals surface area contributed by atoms with Crippen LogP contribution in [0.1, 0.15) is 11.1 Å². The first-order valence-corrected chi connectivity index (χ1v) is 5.87. The average Bonchev–Trinajstić information content (AvgIpc) is 2.46. The zero-order chi connectivity index (χ0) is 15.4. The van der Waals surface area contributed by atoms with Crippen molar-refractivity contribution < 1.29 is 13.7 Å². The third kappa shape index (κ3) is 3.30. The van der Waals surface area contributed by atoms with Crippen LogP contribution in [0.25, 0.3) is 0 Å². The fourth-order valence-corrected chi connectivity index (χ4v) is 1.73. The number of hydrogen-bond donors (Lipinski definition) is 1. The number of rotatable bonds is 4. The zero-order valence-electron chi connectivity index (χ0n) is 10.6. The molecular formula is C14H9F2N3O2. The van der Waals surface area contributed by atoms with Gasteiger partial charge in [0.15, 0.2) is 0 Å². The third-order valence-corrected chi connectivity index (χ3v) is 2.82. The van der Waals surface area contributed by atoms with Gasteiger partial charge in [-0.1, -0.05) is 0 Å². The van der Waals surface area contributed by atoms with Crippen LogP contribution in [0.2, 0.25) is 0 Å². The normalized spacial score (nSPS) is 9.95. The Morgan fingerprint density at radius 1 is 1.19 bits per heavy atom. The Hall–Kier alpha value is -3.01. The lowest BCUT2D eigenvalue weighted by Gasteiger charge is -2.08. The van der Waals surface area contributed by atoms with Crippen molar-refractivity contribution in [1.82, 2.24) is 0 Å². The average molecular weight is 289 g/mol. The SMILES string of the molecule is N#Cc1cc(F)c(CNc2ccc([N+](=O)[O-])cc2)c(F)c1. The van der Waals surface area contributed by atoms with E-state index in [-0.39, 0.29) is 23.4 Å². The van der Waals surface area contributed by atoms with Crippen LogP contribution in [-0.2, 0) is 6.54 Å². The van der Waals surface area contributed by atoms with E-state index in [1.54, 1.807) is 6.07 Å². The highest BCUT2D eigenvalue weighted by Crippen LogP contribution is 2.19. The number of non-ortho nitro benzene ring substituents is 1. The maximum Gasteiger partial charge on any atom is 0.269 e. The van der Waals surface area contributed by atoms with E-state index >= 15 is 0 Å². The zero-order valence-corrected chi connectivity index (χ0v) is 10.6. The summed E-state index contributed by atoms with van der Waals surface area (Å²) in [5, 5.41) is 21.9. The summed E-state index contributed by atoms with van der Waals surface area (Å²) >= 11 is 0. The number of nitro groups is 1. The second-order valence-electron chi connectivity index (χ2n) is 4.19. The van der Waals surface area contributed by atoms with E-state index in [0.29, 0.717) is 5.69 Å². The summed E-state index contributed by atoms with van der Waals surface area (Å²) in [5.41, 5.74) is 0.122. The van der Waals surface area contributed by atoms with E-state index in [4.69, 9.17) is 5.26 Å². The highest BCUT2D eigenvalue weighted by Gasteiger charge is 2.11. The lowest BCUT2D eigenvalue weighted by Crippen LogP contribution is -2.05. The monoisotopic (exact) mass is 289 g/mol. The molecule has 0 saturated heterocycles. The molecule has 0 aliphatic heterocycles. The van der Waals surface area contributed by atoms with Crippen molar-refractivity contribution in [3.8, 4) is 6.07 Å². The lowest BCUT2D eigenvalue weighted by molar-refractivity contribution is -0.384. The van der Waals surface area contributed by atoms with E-state index in [9.17, 15) is 18.9 Å². The number of nitro benzene ring substituents is 1. The fourth-order valence-electron chi connectivity index (χ4n) is 1.73. The molecule has 0 spiro atoms. The summed E-state index contributed by atoms with van der Waals surface area (Å²) in [6, 6.07) is 9.03. The molecule has 5 nitrogen and oxygen atoms in total. The minimum atomic E-state index is -0.819. The molecule has 0 bridgehead atoms. The van der Waals surface area contributed by atoms with Gasteiger partial charge in [0.25, 0.3) is 5.69 Å². The van der Waals surface area contributed by atoms with Crippen molar-refractivity contribution in [2.45, 2.75) is 6.54 Å². The molecule has 2 aromatic carbocycles. The maximum absolute atomic E-state index is 13.7. The predicted molar refractivity (Wildman–Crippen MR) is 71.5 cm³/mol. The quantitative estimate of drug-likeness (QED) is 0.691. The summed E-state index contributed by atoms with van der Waals surface area (Å²) in [4.78, 5) is 9.96. The molecule has 0 aliphatic carbocycles. The van der Waals surface area contributed by atoms with Crippen LogP contribution in [0.5, 0.6) is 0 Å². The van der Waals surface area contributed by atoms with Gasteiger partial charge in [-0.25, -0.2) is 8.78 Å². The van der Waals surface area contributed by atoms with E-state index < -0.39 is 16.6 Å². The molecule has 0 fully saturated rings. The summed E-state index contributed by atoms with van der Waals surface area (Å²) in [6.45, 7) is -0.138. The van der Waals surface area contributed by atoms with Crippen LogP contribution in [0.4, 0.5) is 20.2 Å². The lowest BCUT2D eigenvalue weighted by atomic mass is 10.1.